The number of nitrogens with zero attached hydrogens (tertiary/aromatic N) is 1. The van der Waals surface area contributed by atoms with E-state index >= 15 is 0 Å². The number of benzene rings is 1. The van der Waals surface area contributed by atoms with Crippen LogP contribution in [0.25, 0.3) is 0 Å². The molecule has 21 heavy (non-hydrogen) atoms. The third kappa shape index (κ3) is 4.19. The Bertz CT molecular complexity index is 699. The molecule has 0 saturated carbocycles. The Morgan fingerprint density at radius 2 is 1.76 bits per heavy atom. The van der Waals surface area contributed by atoms with Gasteiger partial charge in [-0.3, -0.25) is 4.98 Å². The second kappa shape index (κ2) is 6.58. The van der Waals surface area contributed by atoms with Crippen LogP contribution in [0, 0.1) is 6.92 Å². The highest BCUT2D eigenvalue weighted by Crippen LogP contribution is 2.25. The fourth-order valence-corrected chi connectivity index (χ4v) is 2.65. The van der Waals surface area contributed by atoms with Crippen LogP contribution < -0.4 is 8.92 Å². The molecular formula is C15H17NO4S. The van der Waals surface area contributed by atoms with Crippen molar-refractivity contribution in [2.75, 3.05) is 6.61 Å². The number of aromatic nitrogens is 1. The molecule has 0 N–H and O–H groups in total. The summed E-state index contributed by atoms with van der Waals surface area (Å²) in [6, 6.07) is 7.83. The van der Waals surface area contributed by atoms with E-state index in [9.17, 15) is 8.42 Å². The molecular weight excluding hydrogens is 290 g/mol. The van der Waals surface area contributed by atoms with Gasteiger partial charge >= 0.3 is 10.1 Å². The van der Waals surface area contributed by atoms with Crippen LogP contribution >= 0.6 is 0 Å². The van der Waals surface area contributed by atoms with Crippen molar-refractivity contribution in [2.24, 2.45) is 0 Å². The largest absolute Gasteiger partial charge is 0.493 e. The van der Waals surface area contributed by atoms with Crippen LogP contribution in [-0.2, 0) is 10.1 Å². The second-order valence-corrected chi connectivity index (χ2v) is 6.10. The number of pyridine rings is 1. The van der Waals surface area contributed by atoms with Gasteiger partial charge in [-0.2, -0.15) is 8.42 Å². The lowest BCUT2D eigenvalue weighted by Gasteiger charge is -2.10. The summed E-state index contributed by atoms with van der Waals surface area (Å²) in [5, 5.41) is 0. The monoisotopic (exact) mass is 307 g/mol. The molecule has 112 valence electrons. The molecule has 1 aromatic carbocycles. The minimum atomic E-state index is -3.86. The van der Waals surface area contributed by atoms with E-state index in [0.29, 0.717) is 12.4 Å². The Hall–Kier alpha value is -2.08. The van der Waals surface area contributed by atoms with E-state index in [1.54, 1.807) is 12.1 Å². The SMILES string of the molecule is CCCOc1cc(C)cc(OS(=O)(=O)c2ccncc2)c1. The van der Waals surface area contributed by atoms with E-state index in [1.165, 1.54) is 24.5 Å². The van der Waals surface area contributed by atoms with Crippen molar-refractivity contribution < 1.29 is 17.3 Å². The lowest BCUT2D eigenvalue weighted by Crippen LogP contribution is -2.10. The fraction of sp³-hybridized carbons (Fsp3) is 0.267. The Balaban J connectivity index is 2.25. The molecule has 0 bridgehead atoms. The molecule has 2 aromatic rings. The highest BCUT2D eigenvalue weighted by atomic mass is 32.2. The van der Waals surface area contributed by atoms with Gasteiger partial charge in [0, 0.05) is 18.5 Å². The third-order valence-electron chi connectivity index (χ3n) is 2.64. The second-order valence-electron chi connectivity index (χ2n) is 4.55. The summed E-state index contributed by atoms with van der Waals surface area (Å²) < 4.78 is 35.0. The molecule has 6 heteroatoms. The lowest BCUT2D eigenvalue weighted by molar-refractivity contribution is 0.316. The standard InChI is InChI=1S/C15H17NO4S/c1-3-8-19-13-9-12(2)10-14(11-13)20-21(17,18)15-4-6-16-7-5-15/h4-7,9-11H,3,8H2,1-2H3. The van der Waals surface area contributed by atoms with Crippen LogP contribution in [0.5, 0.6) is 11.5 Å². The fourth-order valence-electron chi connectivity index (χ4n) is 1.75. The first kappa shape index (κ1) is 15.3. The Labute approximate surface area is 124 Å². The molecule has 0 aliphatic rings. The Kier molecular flexibility index (Phi) is 4.80. The average Bonchev–Trinajstić information content (AvgIpc) is 2.45. The number of ether oxygens (including phenoxy) is 1. The van der Waals surface area contributed by atoms with Gasteiger partial charge < -0.3 is 8.92 Å². The first-order valence-corrected chi connectivity index (χ1v) is 8.01. The summed E-state index contributed by atoms with van der Waals surface area (Å²) >= 11 is 0. The van der Waals surface area contributed by atoms with E-state index in [1.807, 2.05) is 19.9 Å². The molecule has 0 unspecified atom stereocenters. The van der Waals surface area contributed by atoms with Gasteiger partial charge in [0.25, 0.3) is 0 Å². The smallest absolute Gasteiger partial charge is 0.339 e. The van der Waals surface area contributed by atoms with Crippen molar-refractivity contribution in [2.45, 2.75) is 25.2 Å². The predicted molar refractivity (Wildman–Crippen MR) is 79.0 cm³/mol. The van der Waals surface area contributed by atoms with Crippen molar-refractivity contribution >= 4 is 10.1 Å². The van der Waals surface area contributed by atoms with Crippen molar-refractivity contribution in [3.8, 4) is 11.5 Å². The molecule has 0 saturated heterocycles. The van der Waals surface area contributed by atoms with Gasteiger partial charge in [0.1, 0.15) is 16.4 Å². The van der Waals surface area contributed by atoms with E-state index in [2.05, 4.69) is 4.98 Å². The minimum absolute atomic E-state index is 0.0648. The normalized spacial score (nSPS) is 11.1. The Morgan fingerprint density at radius 3 is 2.43 bits per heavy atom. The lowest BCUT2D eigenvalue weighted by atomic mass is 10.2. The van der Waals surface area contributed by atoms with E-state index in [0.717, 1.165) is 12.0 Å². The van der Waals surface area contributed by atoms with Gasteiger partial charge in [-0.1, -0.05) is 6.92 Å². The summed E-state index contributed by atoms with van der Waals surface area (Å²) in [5.74, 6) is 0.828. The molecule has 2 rings (SSSR count). The molecule has 0 spiro atoms. The summed E-state index contributed by atoms with van der Waals surface area (Å²) in [6.07, 6.45) is 3.68. The molecule has 0 fully saturated rings. The quantitative estimate of drug-likeness (QED) is 0.768. The van der Waals surface area contributed by atoms with Crippen molar-refractivity contribution in [1.82, 2.24) is 4.98 Å². The van der Waals surface area contributed by atoms with E-state index in [-0.39, 0.29) is 10.6 Å². The van der Waals surface area contributed by atoms with Crippen LogP contribution in [0.3, 0.4) is 0 Å². The Morgan fingerprint density at radius 1 is 1.10 bits per heavy atom. The minimum Gasteiger partial charge on any atom is -0.493 e. The molecule has 0 amide bonds. The topological polar surface area (TPSA) is 65.5 Å². The summed E-state index contributed by atoms with van der Waals surface area (Å²) in [4.78, 5) is 3.85. The molecule has 1 aromatic heterocycles. The molecule has 1 heterocycles. The van der Waals surface area contributed by atoms with Gasteiger partial charge in [0.15, 0.2) is 0 Å². The van der Waals surface area contributed by atoms with Crippen LogP contribution in [0.15, 0.2) is 47.6 Å². The number of hydrogen-bond donors (Lipinski definition) is 0. The molecule has 0 aliphatic carbocycles. The van der Waals surface area contributed by atoms with Crippen molar-refractivity contribution in [1.29, 1.82) is 0 Å². The number of aryl methyl sites for hydroxylation is 1. The van der Waals surface area contributed by atoms with Gasteiger partial charge in [-0.15, -0.1) is 0 Å². The molecule has 0 atom stereocenters. The molecule has 5 nitrogen and oxygen atoms in total. The van der Waals surface area contributed by atoms with Crippen LogP contribution in [0.4, 0.5) is 0 Å². The first-order chi connectivity index (χ1) is 10.0. The highest BCUT2D eigenvalue weighted by Gasteiger charge is 2.17. The average molecular weight is 307 g/mol. The van der Waals surface area contributed by atoms with Crippen LogP contribution in [0.2, 0.25) is 0 Å². The predicted octanol–water partition coefficient (Wildman–Crippen LogP) is 2.95. The number of rotatable bonds is 6. The molecule has 0 radical (unpaired) electrons. The van der Waals surface area contributed by atoms with Gasteiger partial charge in [0.05, 0.1) is 6.61 Å². The zero-order valence-electron chi connectivity index (χ0n) is 11.9. The van der Waals surface area contributed by atoms with E-state index < -0.39 is 10.1 Å². The number of hydrogen-bond acceptors (Lipinski definition) is 5. The summed E-state index contributed by atoms with van der Waals surface area (Å²) in [5.41, 5.74) is 0.864. The maximum absolute atomic E-state index is 12.1. The van der Waals surface area contributed by atoms with Gasteiger partial charge in [-0.05, 0) is 43.2 Å². The zero-order valence-corrected chi connectivity index (χ0v) is 12.8. The maximum atomic E-state index is 12.1. The highest BCUT2D eigenvalue weighted by molar-refractivity contribution is 7.87. The van der Waals surface area contributed by atoms with Crippen molar-refractivity contribution in [3.05, 3.63) is 48.3 Å². The first-order valence-electron chi connectivity index (χ1n) is 6.60. The van der Waals surface area contributed by atoms with Crippen LogP contribution in [0.1, 0.15) is 18.9 Å². The summed E-state index contributed by atoms with van der Waals surface area (Å²) in [6.45, 7) is 4.42. The third-order valence-corrected chi connectivity index (χ3v) is 3.90. The van der Waals surface area contributed by atoms with Crippen LogP contribution in [-0.4, -0.2) is 20.0 Å². The van der Waals surface area contributed by atoms with E-state index in [4.69, 9.17) is 8.92 Å². The van der Waals surface area contributed by atoms with Crippen molar-refractivity contribution in [3.63, 3.8) is 0 Å². The maximum Gasteiger partial charge on any atom is 0.339 e. The van der Waals surface area contributed by atoms with Gasteiger partial charge in [0.2, 0.25) is 0 Å². The molecule has 0 aliphatic heterocycles. The van der Waals surface area contributed by atoms with Gasteiger partial charge in [-0.25, -0.2) is 0 Å². The zero-order chi connectivity index (χ0) is 15.3. The summed E-state index contributed by atoms with van der Waals surface area (Å²) in [7, 11) is -3.86.